The van der Waals surface area contributed by atoms with E-state index in [1.807, 2.05) is 24.1 Å². The first-order valence-corrected chi connectivity index (χ1v) is 7.36. The number of nitrogens with zero attached hydrogens (tertiary/aromatic N) is 2. The molecule has 2 heterocycles. The molecule has 108 valence electrons. The van der Waals surface area contributed by atoms with Crippen molar-refractivity contribution in [1.82, 2.24) is 4.90 Å². The minimum Gasteiger partial charge on any atom is -0.473 e. The molecular weight excluding hydrogens is 266 g/mol. The van der Waals surface area contributed by atoms with Gasteiger partial charge >= 0.3 is 0 Å². The van der Waals surface area contributed by atoms with E-state index in [1.54, 1.807) is 0 Å². The van der Waals surface area contributed by atoms with Gasteiger partial charge in [0.1, 0.15) is 11.8 Å². The molecule has 1 saturated carbocycles. The lowest BCUT2D eigenvalue weighted by Gasteiger charge is -2.35. The third kappa shape index (κ3) is 1.83. The molecule has 1 aromatic rings. The smallest absolute Gasteiger partial charge is 0.270 e. The van der Waals surface area contributed by atoms with E-state index in [2.05, 4.69) is 17.5 Å². The van der Waals surface area contributed by atoms with Crippen LogP contribution >= 0.6 is 0 Å². The van der Waals surface area contributed by atoms with Crippen molar-refractivity contribution >= 4 is 11.6 Å². The normalized spacial score (nSPS) is 31.4. The topological polar surface area (TPSA) is 65.4 Å². The van der Waals surface area contributed by atoms with Crippen LogP contribution in [0, 0.1) is 11.3 Å². The van der Waals surface area contributed by atoms with E-state index in [0.29, 0.717) is 18.9 Å². The number of para-hydroxylation sites is 1. The summed E-state index contributed by atoms with van der Waals surface area (Å²) in [5.74, 6) is 1.23. The monoisotopic (exact) mass is 283 g/mol. The van der Waals surface area contributed by atoms with Gasteiger partial charge in [-0.05, 0) is 37.4 Å². The number of fused-ring (bicyclic) bond motifs is 1. The molecule has 2 aliphatic heterocycles. The largest absolute Gasteiger partial charge is 0.473 e. The van der Waals surface area contributed by atoms with E-state index < -0.39 is 5.60 Å². The van der Waals surface area contributed by atoms with Gasteiger partial charge in [-0.25, -0.2) is 0 Å². The Balaban J connectivity index is 1.75. The summed E-state index contributed by atoms with van der Waals surface area (Å²) >= 11 is 0. The van der Waals surface area contributed by atoms with Crippen molar-refractivity contribution in [3.05, 3.63) is 23.8 Å². The number of carbonyl (C=O) groups excluding carboxylic acids is 1. The Morgan fingerprint density at radius 3 is 2.95 bits per heavy atom. The summed E-state index contributed by atoms with van der Waals surface area (Å²) in [5, 5.41) is 12.2. The third-order valence-electron chi connectivity index (χ3n) is 4.73. The number of amides is 1. The van der Waals surface area contributed by atoms with Gasteiger partial charge in [-0.1, -0.05) is 12.1 Å². The SMILES string of the molecule is CN1C[C@@]2(C[C@H]1C#N)Oc1c(cccc1C1CC1)NC2=O. The highest BCUT2D eigenvalue weighted by Crippen LogP contribution is 2.50. The van der Waals surface area contributed by atoms with Crippen LogP contribution in [-0.2, 0) is 4.79 Å². The van der Waals surface area contributed by atoms with Gasteiger partial charge in [0.25, 0.3) is 5.91 Å². The highest BCUT2D eigenvalue weighted by molar-refractivity contribution is 6.01. The van der Waals surface area contributed by atoms with E-state index in [9.17, 15) is 10.1 Å². The summed E-state index contributed by atoms with van der Waals surface area (Å²) in [6.45, 7) is 0.454. The predicted molar refractivity (Wildman–Crippen MR) is 77.1 cm³/mol. The van der Waals surface area contributed by atoms with Crippen LogP contribution in [0.4, 0.5) is 5.69 Å². The van der Waals surface area contributed by atoms with Crippen molar-refractivity contribution in [3.8, 4) is 11.8 Å². The molecular formula is C16H17N3O2. The van der Waals surface area contributed by atoms with Gasteiger partial charge in [-0.3, -0.25) is 9.69 Å². The molecule has 1 spiro atoms. The minimum atomic E-state index is -0.923. The number of nitrogens with one attached hydrogen (secondary N) is 1. The van der Waals surface area contributed by atoms with E-state index >= 15 is 0 Å². The van der Waals surface area contributed by atoms with Crippen LogP contribution in [0.25, 0.3) is 0 Å². The molecule has 1 aliphatic carbocycles. The van der Waals surface area contributed by atoms with Crippen molar-refractivity contribution in [3.63, 3.8) is 0 Å². The van der Waals surface area contributed by atoms with Crippen molar-refractivity contribution in [2.75, 3.05) is 18.9 Å². The Kier molecular flexibility index (Phi) is 2.54. The molecule has 0 radical (unpaired) electrons. The van der Waals surface area contributed by atoms with Crippen LogP contribution in [0.15, 0.2) is 18.2 Å². The Morgan fingerprint density at radius 2 is 2.29 bits per heavy atom. The zero-order valence-corrected chi connectivity index (χ0v) is 11.9. The van der Waals surface area contributed by atoms with Gasteiger partial charge in [0.05, 0.1) is 11.8 Å². The number of benzene rings is 1. The van der Waals surface area contributed by atoms with Gasteiger partial charge in [0.15, 0.2) is 0 Å². The van der Waals surface area contributed by atoms with E-state index in [0.717, 1.165) is 11.4 Å². The van der Waals surface area contributed by atoms with E-state index in [1.165, 1.54) is 18.4 Å². The van der Waals surface area contributed by atoms with Crippen LogP contribution in [0.1, 0.15) is 30.7 Å². The number of hydrogen-bond acceptors (Lipinski definition) is 4. The van der Waals surface area contributed by atoms with Crippen LogP contribution < -0.4 is 10.1 Å². The first-order chi connectivity index (χ1) is 10.1. The predicted octanol–water partition coefficient (Wildman–Crippen LogP) is 1.86. The maximum atomic E-state index is 12.5. The lowest BCUT2D eigenvalue weighted by Crippen LogP contribution is -2.52. The quantitative estimate of drug-likeness (QED) is 0.854. The van der Waals surface area contributed by atoms with Crippen molar-refractivity contribution < 1.29 is 9.53 Å². The molecule has 1 saturated heterocycles. The Hall–Kier alpha value is -2.06. The van der Waals surface area contributed by atoms with Gasteiger partial charge in [0, 0.05) is 13.0 Å². The van der Waals surface area contributed by atoms with Crippen LogP contribution in [-0.4, -0.2) is 36.0 Å². The Labute approximate surface area is 123 Å². The maximum absolute atomic E-state index is 12.5. The average Bonchev–Trinajstić information content (AvgIpc) is 3.25. The maximum Gasteiger partial charge on any atom is 0.270 e. The van der Waals surface area contributed by atoms with Gasteiger partial charge in [-0.2, -0.15) is 5.26 Å². The Bertz CT molecular complexity index is 662. The molecule has 3 aliphatic rings. The van der Waals surface area contributed by atoms with E-state index in [4.69, 9.17) is 4.74 Å². The molecule has 2 atom stereocenters. The van der Waals surface area contributed by atoms with E-state index in [-0.39, 0.29) is 11.9 Å². The third-order valence-corrected chi connectivity index (χ3v) is 4.73. The molecule has 4 rings (SSSR count). The summed E-state index contributed by atoms with van der Waals surface area (Å²) in [6, 6.07) is 7.90. The summed E-state index contributed by atoms with van der Waals surface area (Å²) in [6.07, 6.45) is 2.78. The second kappa shape index (κ2) is 4.22. The summed E-state index contributed by atoms with van der Waals surface area (Å²) in [5.41, 5.74) is 1.03. The second-order valence-corrected chi connectivity index (χ2v) is 6.31. The van der Waals surface area contributed by atoms with Gasteiger partial charge in [-0.15, -0.1) is 0 Å². The number of ether oxygens (including phenoxy) is 1. The van der Waals surface area contributed by atoms with Crippen LogP contribution in [0.5, 0.6) is 5.75 Å². The zero-order valence-electron chi connectivity index (χ0n) is 11.9. The Morgan fingerprint density at radius 1 is 1.48 bits per heavy atom. The fourth-order valence-corrected chi connectivity index (χ4v) is 3.39. The van der Waals surface area contributed by atoms with Gasteiger partial charge in [0.2, 0.25) is 5.60 Å². The first kappa shape index (κ1) is 12.7. The lowest BCUT2D eigenvalue weighted by molar-refractivity contribution is -0.131. The molecule has 5 nitrogen and oxygen atoms in total. The summed E-state index contributed by atoms with van der Waals surface area (Å²) < 4.78 is 6.22. The van der Waals surface area contributed by atoms with Crippen LogP contribution in [0.3, 0.4) is 0 Å². The average molecular weight is 283 g/mol. The van der Waals surface area contributed by atoms with Crippen molar-refractivity contribution in [2.45, 2.75) is 36.8 Å². The number of nitriles is 1. The molecule has 1 N–H and O–H groups in total. The second-order valence-electron chi connectivity index (χ2n) is 6.31. The highest BCUT2D eigenvalue weighted by atomic mass is 16.5. The highest BCUT2D eigenvalue weighted by Gasteiger charge is 2.53. The molecule has 0 bridgehead atoms. The number of likely N-dealkylation sites (N-methyl/N-ethyl adjacent to an activating group) is 1. The standard InChI is InChI=1S/C16H17N3O2/c1-19-9-16(7-11(19)8-17)15(20)18-13-4-2-3-12(10-5-6-10)14(13)21-16/h2-4,10-11H,5-7,9H2,1H3,(H,18,20)/t11-,16+/m0/s1. The summed E-state index contributed by atoms with van der Waals surface area (Å²) in [7, 11) is 1.86. The van der Waals surface area contributed by atoms with Gasteiger partial charge < -0.3 is 10.1 Å². The number of carbonyl (C=O) groups is 1. The molecule has 0 aromatic heterocycles. The van der Waals surface area contributed by atoms with Crippen LogP contribution in [0.2, 0.25) is 0 Å². The molecule has 1 amide bonds. The molecule has 2 fully saturated rings. The summed E-state index contributed by atoms with van der Waals surface area (Å²) in [4.78, 5) is 14.4. The fourth-order valence-electron chi connectivity index (χ4n) is 3.39. The number of likely N-dealkylation sites (tertiary alicyclic amines) is 1. The number of rotatable bonds is 1. The molecule has 5 heteroatoms. The molecule has 1 aromatic carbocycles. The number of hydrogen-bond donors (Lipinski definition) is 1. The van der Waals surface area contributed by atoms with Crippen molar-refractivity contribution in [1.29, 1.82) is 5.26 Å². The lowest BCUT2D eigenvalue weighted by atomic mass is 9.95. The molecule has 21 heavy (non-hydrogen) atoms. The zero-order chi connectivity index (χ0) is 14.6. The molecule has 0 unspecified atom stereocenters. The van der Waals surface area contributed by atoms with Crippen molar-refractivity contribution in [2.24, 2.45) is 0 Å². The first-order valence-electron chi connectivity index (χ1n) is 7.36. The number of anilines is 1. The fraction of sp³-hybridized carbons (Fsp3) is 0.500. The minimum absolute atomic E-state index is 0.132.